The summed E-state index contributed by atoms with van der Waals surface area (Å²) in [6, 6.07) is 10.4. The minimum absolute atomic E-state index is 0.0650. The van der Waals surface area contributed by atoms with Crippen LogP contribution in [0.4, 0.5) is 10.1 Å². The van der Waals surface area contributed by atoms with Crippen molar-refractivity contribution in [1.29, 1.82) is 0 Å². The summed E-state index contributed by atoms with van der Waals surface area (Å²) in [7, 11) is -2.20. The summed E-state index contributed by atoms with van der Waals surface area (Å²) in [6.07, 6.45) is 0. The Morgan fingerprint density at radius 2 is 1.72 bits per heavy atom. The van der Waals surface area contributed by atoms with Crippen molar-refractivity contribution in [3.63, 3.8) is 0 Å². The van der Waals surface area contributed by atoms with E-state index in [2.05, 4.69) is 0 Å². The number of halogens is 2. The maximum absolute atomic E-state index is 13.2. The van der Waals surface area contributed by atoms with Gasteiger partial charge in [0.05, 0.1) is 5.02 Å². The van der Waals surface area contributed by atoms with Gasteiger partial charge in [0.25, 0.3) is 5.91 Å². The number of carbonyl (C=O) groups is 1. The first-order valence-electron chi connectivity index (χ1n) is 9.29. The highest BCUT2D eigenvalue weighted by atomic mass is 35.5. The lowest BCUT2D eigenvalue weighted by atomic mass is 10.2. The predicted octanol–water partition coefficient (Wildman–Crippen LogP) is 3.08. The van der Waals surface area contributed by atoms with E-state index in [1.165, 1.54) is 39.5 Å². The number of piperazine rings is 1. The van der Waals surface area contributed by atoms with Gasteiger partial charge < -0.3 is 9.80 Å². The van der Waals surface area contributed by atoms with Gasteiger partial charge in [-0.3, -0.25) is 4.79 Å². The van der Waals surface area contributed by atoms with Gasteiger partial charge in [0.15, 0.2) is 0 Å². The summed E-state index contributed by atoms with van der Waals surface area (Å²) in [5.74, 6) is -0.575. The topological polar surface area (TPSA) is 60.9 Å². The molecule has 0 saturated carbocycles. The molecule has 0 radical (unpaired) electrons. The highest BCUT2D eigenvalue weighted by Crippen LogP contribution is 2.28. The van der Waals surface area contributed by atoms with Gasteiger partial charge in [-0.15, -0.1) is 0 Å². The molecule has 1 fully saturated rings. The minimum Gasteiger partial charge on any atom is -0.369 e. The van der Waals surface area contributed by atoms with Crippen LogP contribution >= 0.6 is 11.6 Å². The fourth-order valence-corrected chi connectivity index (χ4v) is 5.10. The first-order chi connectivity index (χ1) is 13.7. The second-order valence-corrected chi connectivity index (χ2v) is 9.15. The van der Waals surface area contributed by atoms with E-state index in [9.17, 15) is 17.6 Å². The Balaban J connectivity index is 1.79. The summed E-state index contributed by atoms with van der Waals surface area (Å²) < 4.78 is 40.8. The van der Waals surface area contributed by atoms with Crippen molar-refractivity contribution in [2.45, 2.75) is 11.8 Å². The van der Waals surface area contributed by atoms with E-state index in [1.807, 2.05) is 11.8 Å². The van der Waals surface area contributed by atoms with E-state index >= 15 is 0 Å². The van der Waals surface area contributed by atoms with Gasteiger partial charge in [-0.25, -0.2) is 12.8 Å². The molecule has 6 nitrogen and oxygen atoms in total. The van der Waals surface area contributed by atoms with Crippen LogP contribution in [-0.4, -0.2) is 63.3 Å². The summed E-state index contributed by atoms with van der Waals surface area (Å²) in [4.78, 5) is 15.8. The highest BCUT2D eigenvalue weighted by molar-refractivity contribution is 7.89. The maximum atomic E-state index is 13.2. The number of hydrogen-bond acceptors (Lipinski definition) is 4. The third-order valence-corrected chi connectivity index (χ3v) is 7.43. The van der Waals surface area contributed by atoms with Crippen LogP contribution in [0, 0.1) is 5.82 Å². The Hall–Kier alpha value is -2.16. The van der Waals surface area contributed by atoms with E-state index < -0.39 is 10.0 Å². The third kappa shape index (κ3) is 4.55. The van der Waals surface area contributed by atoms with E-state index in [1.54, 1.807) is 19.2 Å². The molecule has 1 heterocycles. The van der Waals surface area contributed by atoms with Crippen molar-refractivity contribution in [1.82, 2.24) is 9.21 Å². The number of sulfonamides is 1. The molecule has 3 rings (SSSR count). The summed E-state index contributed by atoms with van der Waals surface area (Å²) >= 11 is 6.18. The zero-order valence-corrected chi connectivity index (χ0v) is 17.9. The number of rotatable bonds is 5. The van der Waals surface area contributed by atoms with Gasteiger partial charge in [0.1, 0.15) is 10.7 Å². The molecule has 2 aromatic carbocycles. The van der Waals surface area contributed by atoms with Crippen molar-refractivity contribution < 1.29 is 17.6 Å². The molecule has 1 saturated heterocycles. The number of benzene rings is 2. The standard InChI is InChI=1S/C20H23ClFN3O3S/c1-3-23(2)20(26)15-4-9-18(21)19(14-15)29(27,28)25-12-10-24(11-13-25)17-7-5-16(22)6-8-17/h4-9,14H,3,10-13H2,1-2H3. The van der Waals surface area contributed by atoms with Crippen LogP contribution in [0.15, 0.2) is 47.4 Å². The van der Waals surface area contributed by atoms with Crippen molar-refractivity contribution >= 4 is 33.2 Å². The molecule has 9 heteroatoms. The van der Waals surface area contributed by atoms with Gasteiger partial charge in [0, 0.05) is 51.0 Å². The Morgan fingerprint density at radius 3 is 2.31 bits per heavy atom. The van der Waals surface area contributed by atoms with Crippen molar-refractivity contribution in [2.24, 2.45) is 0 Å². The molecule has 1 aliphatic heterocycles. The quantitative estimate of drug-likeness (QED) is 0.718. The SMILES string of the molecule is CCN(C)C(=O)c1ccc(Cl)c(S(=O)(=O)N2CCN(c3ccc(F)cc3)CC2)c1. The first kappa shape index (κ1) is 21.5. The van der Waals surface area contributed by atoms with Crippen molar-refractivity contribution in [2.75, 3.05) is 44.7 Å². The minimum atomic E-state index is -3.85. The Morgan fingerprint density at radius 1 is 1.10 bits per heavy atom. The lowest BCUT2D eigenvalue weighted by Gasteiger charge is -2.35. The first-order valence-corrected chi connectivity index (χ1v) is 11.1. The normalized spacial score (nSPS) is 15.4. The van der Waals surface area contributed by atoms with Crippen LogP contribution < -0.4 is 4.90 Å². The zero-order chi connectivity index (χ0) is 21.2. The summed E-state index contributed by atoms with van der Waals surface area (Å²) in [5.41, 5.74) is 1.12. The zero-order valence-electron chi connectivity index (χ0n) is 16.3. The number of nitrogens with zero attached hydrogens (tertiary/aromatic N) is 3. The van der Waals surface area contributed by atoms with Crippen LogP contribution in [0.1, 0.15) is 17.3 Å². The van der Waals surface area contributed by atoms with Gasteiger partial charge in [0.2, 0.25) is 10.0 Å². The molecule has 1 amide bonds. The van der Waals surface area contributed by atoms with E-state index in [0.717, 1.165) is 5.69 Å². The fourth-order valence-electron chi connectivity index (χ4n) is 3.18. The predicted molar refractivity (Wildman–Crippen MR) is 111 cm³/mol. The van der Waals surface area contributed by atoms with E-state index in [4.69, 9.17) is 11.6 Å². The van der Waals surface area contributed by atoms with Gasteiger partial charge >= 0.3 is 0 Å². The van der Waals surface area contributed by atoms with Gasteiger partial charge in [-0.05, 0) is 49.4 Å². The fraction of sp³-hybridized carbons (Fsp3) is 0.350. The van der Waals surface area contributed by atoms with Gasteiger partial charge in [-0.2, -0.15) is 4.31 Å². The number of hydrogen-bond donors (Lipinski definition) is 0. The van der Waals surface area contributed by atoms with Crippen LogP contribution in [0.25, 0.3) is 0 Å². The molecule has 2 aromatic rings. The maximum Gasteiger partial charge on any atom is 0.253 e. The molecule has 0 atom stereocenters. The molecule has 1 aliphatic rings. The van der Waals surface area contributed by atoms with Crippen LogP contribution in [0.2, 0.25) is 5.02 Å². The smallest absolute Gasteiger partial charge is 0.253 e. The monoisotopic (exact) mass is 439 g/mol. The largest absolute Gasteiger partial charge is 0.369 e. The van der Waals surface area contributed by atoms with Crippen molar-refractivity contribution in [3.8, 4) is 0 Å². The molecule has 0 unspecified atom stereocenters. The summed E-state index contributed by atoms with van der Waals surface area (Å²) in [6.45, 7) is 3.83. The summed E-state index contributed by atoms with van der Waals surface area (Å²) in [5, 5.41) is 0.0849. The number of amides is 1. The van der Waals surface area contributed by atoms with E-state index in [0.29, 0.717) is 19.6 Å². The van der Waals surface area contributed by atoms with Crippen molar-refractivity contribution in [3.05, 3.63) is 58.9 Å². The molecule has 0 spiro atoms. The lowest BCUT2D eigenvalue weighted by molar-refractivity contribution is 0.0802. The van der Waals surface area contributed by atoms with Crippen LogP contribution in [-0.2, 0) is 10.0 Å². The Kier molecular flexibility index (Phi) is 6.45. The van der Waals surface area contributed by atoms with Crippen LogP contribution in [0.5, 0.6) is 0 Å². The Bertz CT molecular complexity index is 991. The molecule has 0 aliphatic carbocycles. The molecular weight excluding hydrogens is 417 g/mol. The average Bonchev–Trinajstić information content (AvgIpc) is 2.73. The third-order valence-electron chi connectivity index (χ3n) is 5.05. The average molecular weight is 440 g/mol. The highest BCUT2D eigenvalue weighted by Gasteiger charge is 2.31. The number of carbonyl (C=O) groups excluding carboxylic acids is 1. The number of anilines is 1. The molecule has 0 bridgehead atoms. The molecule has 29 heavy (non-hydrogen) atoms. The Labute approximate surface area is 175 Å². The lowest BCUT2D eigenvalue weighted by Crippen LogP contribution is -2.48. The second kappa shape index (κ2) is 8.69. The van der Waals surface area contributed by atoms with Gasteiger partial charge in [-0.1, -0.05) is 11.6 Å². The van der Waals surface area contributed by atoms with Crippen LogP contribution in [0.3, 0.4) is 0 Å². The molecule has 0 N–H and O–H groups in total. The molecular formula is C20H23ClFN3O3S. The second-order valence-electron chi connectivity index (χ2n) is 6.83. The molecule has 156 valence electrons. The van der Waals surface area contributed by atoms with E-state index in [-0.39, 0.29) is 40.3 Å². The molecule has 0 aromatic heterocycles.